The van der Waals surface area contributed by atoms with Gasteiger partial charge >= 0.3 is 0 Å². The van der Waals surface area contributed by atoms with Gasteiger partial charge in [-0.1, -0.05) is 24.3 Å². The first-order valence-electron chi connectivity index (χ1n) is 7.82. The summed E-state index contributed by atoms with van der Waals surface area (Å²) in [4.78, 5) is 12.6. The first-order chi connectivity index (χ1) is 11.0. The summed E-state index contributed by atoms with van der Waals surface area (Å²) in [7, 11) is -3.66. The van der Waals surface area contributed by atoms with E-state index in [0.29, 0.717) is 17.0 Å². The Morgan fingerprint density at radius 3 is 2.65 bits per heavy atom. The van der Waals surface area contributed by atoms with Crippen molar-refractivity contribution in [2.75, 3.05) is 10.8 Å². The summed E-state index contributed by atoms with van der Waals surface area (Å²) in [5.41, 5.74) is 0.590. The molecule has 1 saturated carbocycles. The highest BCUT2D eigenvalue weighted by Crippen LogP contribution is 2.41. The average molecular weight is 330 g/mol. The normalized spacial score (nSPS) is 19.8. The molecule has 2 aliphatic rings. The number of hydrogen-bond acceptors (Lipinski definition) is 3. The van der Waals surface area contributed by atoms with Gasteiger partial charge in [0.15, 0.2) is 0 Å². The largest absolute Gasteiger partial charge is 0.352 e. The lowest BCUT2D eigenvalue weighted by Gasteiger charge is -2.20. The van der Waals surface area contributed by atoms with Crippen molar-refractivity contribution in [1.29, 1.82) is 0 Å². The zero-order valence-electron chi connectivity index (χ0n) is 12.8. The topological polar surface area (TPSA) is 66.5 Å². The van der Waals surface area contributed by atoms with Crippen molar-refractivity contribution >= 4 is 32.4 Å². The number of amides is 1. The number of carbonyl (C=O) groups excluding carboxylic acids is 1. The third kappa shape index (κ3) is 2.28. The molecule has 23 heavy (non-hydrogen) atoms. The molecule has 1 heterocycles. The molecule has 1 aliphatic heterocycles. The summed E-state index contributed by atoms with van der Waals surface area (Å²) in [6, 6.07) is 10.8. The SMILES string of the molecule is C[C@H](NC(=O)CN1c2cccc3cccc(c23)S1(=O)=O)C1CC1. The molecule has 0 aromatic heterocycles. The van der Waals surface area contributed by atoms with Crippen molar-refractivity contribution in [3.05, 3.63) is 36.4 Å². The molecular formula is C17H18N2O3S. The Bertz CT molecular complexity index is 898. The van der Waals surface area contributed by atoms with E-state index in [-0.39, 0.29) is 23.4 Å². The third-order valence-corrected chi connectivity index (χ3v) is 6.49. The van der Waals surface area contributed by atoms with E-state index in [1.165, 1.54) is 4.31 Å². The maximum Gasteiger partial charge on any atom is 0.265 e. The van der Waals surface area contributed by atoms with Crippen molar-refractivity contribution in [3.8, 4) is 0 Å². The Balaban J connectivity index is 1.67. The van der Waals surface area contributed by atoms with Gasteiger partial charge < -0.3 is 5.32 Å². The quantitative estimate of drug-likeness (QED) is 0.935. The van der Waals surface area contributed by atoms with Crippen molar-refractivity contribution in [3.63, 3.8) is 0 Å². The minimum atomic E-state index is -3.66. The Morgan fingerprint density at radius 1 is 1.26 bits per heavy atom. The molecule has 1 amide bonds. The number of carbonyl (C=O) groups is 1. The first kappa shape index (κ1) is 14.5. The maximum absolute atomic E-state index is 12.8. The number of nitrogens with one attached hydrogen (secondary N) is 1. The predicted molar refractivity (Wildman–Crippen MR) is 88.8 cm³/mol. The fraction of sp³-hybridized carbons (Fsp3) is 0.353. The Morgan fingerprint density at radius 2 is 1.96 bits per heavy atom. The van der Waals surface area contributed by atoms with Crippen LogP contribution in [0.5, 0.6) is 0 Å². The smallest absolute Gasteiger partial charge is 0.265 e. The second kappa shape index (κ2) is 4.96. The van der Waals surface area contributed by atoms with E-state index in [1.54, 1.807) is 18.2 Å². The molecule has 0 radical (unpaired) electrons. The fourth-order valence-corrected chi connectivity index (χ4v) is 4.94. The standard InChI is InChI=1S/C17H18N2O3S/c1-11(12-8-9-12)18-16(20)10-19-14-6-2-4-13-5-3-7-15(17(13)14)23(19,21)22/h2-7,11-12H,8-10H2,1H3,(H,18,20)/t11-/m0/s1. The Kier molecular flexibility index (Phi) is 3.13. The number of hydrogen-bond donors (Lipinski definition) is 1. The highest BCUT2D eigenvalue weighted by molar-refractivity contribution is 7.93. The van der Waals surface area contributed by atoms with Crippen LogP contribution in [0.3, 0.4) is 0 Å². The molecule has 0 spiro atoms. The van der Waals surface area contributed by atoms with Gasteiger partial charge in [0.25, 0.3) is 10.0 Å². The Labute approximate surface area is 135 Å². The summed E-state index contributed by atoms with van der Waals surface area (Å²) in [6.45, 7) is 1.80. The molecule has 2 aromatic rings. The second-order valence-electron chi connectivity index (χ2n) is 6.34. The highest BCUT2D eigenvalue weighted by atomic mass is 32.2. The summed E-state index contributed by atoms with van der Waals surface area (Å²) in [5.74, 6) is 0.285. The number of rotatable bonds is 4. The van der Waals surface area contributed by atoms with E-state index in [0.717, 1.165) is 18.2 Å². The fourth-order valence-electron chi connectivity index (χ4n) is 3.27. The van der Waals surface area contributed by atoms with Gasteiger partial charge in [-0.15, -0.1) is 0 Å². The van der Waals surface area contributed by atoms with Gasteiger partial charge in [-0.25, -0.2) is 8.42 Å². The molecule has 0 saturated heterocycles. The third-order valence-electron chi connectivity index (χ3n) is 4.69. The monoisotopic (exact) mass is 330 g/mol. The maximum atomic E-state index is 12.8. The lowest BCUT2D eigenvalue weighted by Crippen LogP contribution is -2.43. The van der Waals surface area contributed by atoms with Crippen LogP contribution in [0, 0.1) is 5.92 Å². The van der Waals surface area contributed by atoms with Gasteiger partial charge in [0.05, 0.1) is 10.6 Å². The molecule has 2 aromatic carbocycles. The van der Waals surface area contributed by atoms with Crippen molar-refractivity contribution in [2.45, 2.75) is 30.7 Å². The predicted octanol–water partition coefficient (Wildman–Crippen LogP) is 2.26. The van der Waals surface area contributed by atoms with Crippen LogP contribution in [-0.2, 0) is 14.8 Å². The van der Waals surface area contributed by atoms with Crippen molar-refractivity contribution in [2.24, 2.45) is 5.92 Å². The molecular weight excluding hydrogens is 312 g/mol. The Hall–Kier alpha value is -2.08. The molecule has 6 heteroatoms. The number of benzene rings is 2. The molecule has 120 valence electrons. The summed E-state index contributed by atoms with van der Waals surface area (Å²) in [5, 5.41) is 4.50. The van der Waals surface area contributed by atoms with E-state index in [9.17, 15) is 13.2 Å². The van der Waals surface area contributed by atoms with Crippen LogP contribution in [0.15, 0.2) is 41.3 Å². The first-order valence-corrected chi connectivity index (χ1v) is 9.26. The summed E-state index contributed by atoms with van der Waals surface area (Å²) in [6.07, 6.45) is 2.27. The minimum absolute atomic E-state index is 0.103. The second-order valence-corrected chi connectivity index (χ2v) is 8.17. The highest BCUT2D eigenvalue weighted by Gasteiger charge is 2.37. The van der Waals surface area contributed by atoms with E-state index < -0.39 is 10.0 Å². The number of sulfonamides is 1. The van der Waals surface area contributed by atoms with Gasteiger partial charge in [-0.3, -0.25) is 9.10 Å². The van der Waals surface area contributed by atoms with E-state index in [1.807, 2.05) is 25.1 Å². The van der Waals surface area contributed by atoms with Crippen LogP contribution >= 0.6 is 0 Å². The zero-order chi connectivity index (χ0) is 16.2. The molecule has 5 nitrogen and oxygen atoms in total. The lowest BCUT2D eigenvalue weighted by atomic mass is 10.1. The molecule has 1 atom stereocenters. The molecule has 0 unspecified atom stereocenters. The van der Waals surface area contributed by atoms with Crippen molar-refractivity contribution < 1.29 is 13.2 Å². The van der Waals surface area contributed by atoms with Crippen LogP contribution in [0.2, 0.25) is 0 Å². The van der Waals surface area contributed by atoms with Crippen molar-refractivity contribution in [1.82, 2.24) is 5.32 Å². The molecule has 1 N–H and O–H groups in total. The molecule has 1 aliphatic carbocycles. The van der Waals surface area contributed by atoms with E-state index in [2.05, 4.69) is 5.32 Å². The van der Waals surface area contributed by atoms with Gasteiger partial charge in [-0.05, 0) is 43.2 Å². The van der Waals surface area contributed by atoms with Gasteiger partial charge in [0.1, 0.15) is 6.54 Å². The van der Waals surface area contributed by atoms with Crippen LogP contribution in [0.25, 0.3) is 10.8 Å². The van der Waals surface area contributed by atoms with Crippen LogP contribution in [-0.4, -0.2) is 26.9 Å². The van der Waals surface area contributed by atoms with Gasteiger partial charge in [-0.2, -0.15) is 0 Å². The van der Waals surface area contributed by atoms with Gasteiger partial charge in [0, 0.05) is 11.4 Å². The van der Waals surface area contributed by atoms with E-state index in [4.69, 9.17) is 0 Å². The van der Waals surface area contributed by atoms with Crippen LogP contribution < -0.4 is 9.62 Å². The summed E-state index contributed by atoms with van der Waals surface area (Å²) >= 11 is 0. The lowest BCUT2D eigenvalue weighted by molar-refractivity contribution is -0.120. The van der Waals surface area contributed by atoms with Crippen LogP contribution in [0.1, 0.15) is 19.8 Å². The molecule has 4 rings (SSSR count). The summed E-state index contributed by atoms with van der Waals surface area (Å²) < 4.78 is 26.8. The molecule has 1 fully saturated rings. The van der Waals surface area contributed by atoms with E-state index >= 15 is 0 Å². The number of nitrogens with zero attached hydrogens (tertiary/aromatic N) is 1. The average Bonchev–Trinajstić information content (AvgIpc) is 3.33. The number of anilines is 1. The van der Waals surface area contributed by atoms with Gasteiger partial charge in [0.2, 0.25) is 5.91 Å². The minimum Gasteiger partial charge on any atom is -0.352 e. The molecule has 0 bridgehead atoms. The zero-order valence-corrected chi connectivity index (χ0v) is 13.6. The van der Waals surface area contributed by atoms with Crippen LogP contribution in [0.4, 0.5) is 5.69 Å².